The monoisotopic (exact) mass is 406 g/mol. The van der Waals surface area contributed by atoms with Gasteiger partial charge in [-0.1, -0.05) is 36.4 Å². The van der Waals surface area contributed by atoms with Gasteiger partial charge in [0.25, 0.3) is 5.91 Å². The number of benzene rings is 2. The number of ether oxygens (including phenoxy) is 2. The van der Waals surface area contributed by atoms with Crippen LogP contribution in [-0.4, -0.2) is 49.5 Å². The molecular weight excluding hydrogens is 380 g/mol. The Morgan fingerprint density at radius 1 is 1.13 bits per heavy atom. The summed E-state index contributed by atoms with van der Waals surface area (Å²) in [6.45, 7) is 1.62. The van der Waals surface area contributed by atoms with Crippen molar-refractivity contribution in [1.82, 2.24) is 15.5 Å². The number of piperidine rings is 1. The second-order valence-electron chi connectivity index (χ2n) is 7.31. The Balaban J connectivity index is 1.45. The molecule has 7 nitrogen and oxygen atoms in total. The lowest BCUT2D eigenvalue weighted by Crippen LogP contribution is -2.48. The lowest BCUT2D eigenvalue weighted by atomic mass is 10.0. The van der Waals surface area contributed by atoms with Gasteiger partial charge in [0.05, 0.1) is 25.5 Å². The number of nitrogens with zero attached hydrogens (tertiary/aromatic N) is 2. The number of hydrogen-bond acceptors (Lipinski definition) is 5. The molecule has 7 heteroatoms. The van der Waals surface area contributed by atoms with Gasteiger partial charge in [0, 0.05) is 25.2 Å². The smallest absolute Gasteiger partial charge is 0.255 e. The highest BCUT2D eigenvalue weighted by atomic mass is 16.5. The lowest BCUT2D eigenvalue weighted by molar-refractivity contribution is 0.0929. The summed E-state index contributed by atoms with van der Waals surface area (Å²) < 4.78 is 10.7. The molecule has 0 aliphatic carbocycles. The number of nitrogens with one attached hydrogen (secondary N) is 2. The molecule has 1 atom stereocenters. The number of aromatic nitrogens is 2. The zero-order chi connectivity index (χ0) is 20.9. The second kappa shape index (κ2) is 8.90. The van der Waals surface area contributed by atoms with Crippen molar-refractivity contribution in [1.29, 1.82) is 0 Å². The molecule has 2 heterocycles. The maximum atomic E-state index is 12.9. The topological polar surface area (TPSA) is 79.5 Å². The van der Waals surface area contributed by atoms with Crippen LogP contribution >= 0.6 is 0 Å². The van der Waals surface area contributed by atoms with Crippen LogP contribution in [-0.2, 0) is 0 Å². The number of anilines is 1. The van der Waals surface area contributed by atoms with Gasteiger partial charge < -0.3 is 19.7 Å². The van der Waals surface area contributed by atoms with Crippen LogP contribution in [0.25, 0.3) is 11.3 Å². The van der Waals surface area contributed by atoms with Gasteiger partial charge in [-0.05, 0) is 30.5 Å². The van der Waals surface area contributed by atoms with Gasteiger partial charge >= 0.3 is 0 Å². The van der Waals surface area contributed by atoms with Crippen LogP contribution < -0.4 is 19.7 Å². The van der Waals surface area contributed by atoms with E-state index >= 15 is 0 Å². The highest BCUT2D eigenvalue weighted by Gasteiger charge is 2.25. The number of rotatable bonds is 6. The van der Waals surface area contributed by atoms with Crippen molar-refractivity contribution in [3.05, 3.63) is 60.2 Å². The van der Waals surface area contributed by atoms with Gasteiger partial charge in [-0.15, -0.1) is 0 Å². The van der Waals surface area contributed by atoms with E-state index in [1.165, 1.54) is 0 Å². The van der Waals surface area contributed by atoms with Crippen molar-refractivity contribution in [3.8, 4) is 22.8 Å². The number of methoxy groups -OCH3 is 2. The van der Waals surface area contributed by atoms with Gasteiger partial charge in [0.1, 0.15) is 0 Å². The van der Waals surface area contributed by atoms with Crippen LogP contribution in [0.5, 0.6) is 11.5 Å². The van der Waals surface area contributed by atoms with E-state index in [9.17, 15) is 4.79 Å². The number of hydrogen-bond donors (Lipinski definition) is 2. The van der Waals surface area contributed by atoms with Gasteiger partial charge in [0.15, 0.2) is 17.3 Å². The van der Waals surface area contributed by atoms with Crippen LogP contribution in [0.1, 0.15) is 23.2 Å². The number of aromatic amines is 1. The Morgan fingerprint density at radius 3 is 2.73 bits per heavy atom. The SMILES string of the molecule is COc1cccc(C(=O)NC2CCCN(c3cc(-c4ccccc4)[nH]n3)C2)c1OC. The molecule has 0 spiro atoms. The van der Waals surface area contributed by atoms with Crippen molar-refractivity contribution >= 4 is 11.7 Å². The Morgan fingerprint density at radius 2 is 1.97 bits per heavy atom. The van der Waals surface area contributed by atoms with Crippen molar-refractivity contribution in [2.24, 2.45) is 0 Å². The van der Waals surface area contributed by atoms with Crippen molar-refractivity contribution < 1.29 is 14.3 Å². The summed E-state index contributed by atoms with van der Waals surface area (Å²) in [4.78, 5) is 15.1. The fourth-order valence-electron chi connectivity index (χ4n) is 3.87. The molecule has 1 aliphatic heterocycles. The predicted octanol–water partition coefficient (Wildman–Crippen LogP) is 3.49. The summed E-state index contributed by atoms with van der Waals surface area (Å²) >= 11 is 0. The average Bonchev–Trinajstić information content (AvgIpc) is 3.29. The lowest BCUT2D eigenvalue weighted by Gasteiger charge is -2.33. The van der Waals surface area contributed by atoms with Crippen molar-refractivity contribution in [2.45, 2.75) is 18.9 Å². The first-order valence-electron chi connectivity index (χ1n) is 10.1. The first-order chi connectivity index (χ1) is 14.7. The van der Waals surface area contributed by atoms with Gasteiger partial charge in [-0.2, -0.15) is 5.10 Å². The highest BCUT2D eigenvalue weighted by molar-refractivity contribution is 5.98. The molecule has 0 bridgehead atoms. The molecule has 2 aromatic carbocycles. The third kappa shape index (κ3) is 4.10. The first-order valence-corrected chi connectivity index (χ1v) is 10.1. The molecule has 0 saturated carbocycles. The Hall–Kier alpha value is -3.48. The van der Waals surface area contributed by atoms with E-state index in [0.29, 0.717) is 23.6 Å². The maximum absolute atomic E-state index is 12.9. The molecule has 1 amide bonds. The number of amides is 1. The summed E-state index contributed by atoms with van der Waals surface area (Å²) in [5.41, 5.74) is 2.56. The van der Waals surface area contributed by atoms with E-state index in [1.807, 2.05) is 18.2 Å². The Kier molecular flexibility index (Phi) is 5.88. The third-order valence-electron chi connectivity index (χ3n) is 5.38. The molecule has 1 aromatic heterocycles. The third-order valence-corrected chi connectivity index (χ3v) is 5.38. The molecule has 1 fully saturated rings. The Labute approximate surface area is 176 Å². The fourth-order valence-corrected chi connectivity index (χ4v) is 3.87. The van der Waals surface area contributed by atoms with Crippen molar-refractivity contribution in [2.75, 3.05) is 32.2 Å². The normalized spacial score (nSPS) is 16.2. The summed E-state index contributed by atoms with van der Waals surface area (Å²) in [7, 11) is 3.10. The maximum Gasteiger partial charge on any atom is 0.255 e. The molecular formula is C23H26N4O3. The highest BCUT2D eigenvalue weighted by Crippen LogP contribution is 2.31. The summed E-state index contributed by atoms with van der Waals surface area (Å²) in [6, 6.07) is 17.5. The average molecular weight is 406 g/mol. The van der Waals surface area contributed by atoms with Gasteiger partial charge in [-0.25, -0.2) is 0 Å². The van der Waals surface area contributed by atoms with Gasteiger partial charge in [0.2, 0.25) is 0 Å². The molecule has 4 rings (SSSR count). The van der Waals surface area contributed by atoms with E-state index in [4.69, 9.17) is 9.47 Å². The van der Waals surface area contributed by atoms with Crippen molar-refractivity contribution in [3.63, 3.8) is 0 Å². The largest absolute Gasteiger partial charge is 0.493 e. The van der Waals surface area contributed by atoms with Crippen LogP contribution in [0.2, 0.25) is 0 Å². The molecule has 0 radical (unpaired) electrons. The van der Waals surface area contributed by atoms with E-state index in [-0.39, 0.29) is 11.9 Å². The first kappa shape index (κ1) is 19.8. The van der Waals surface area contributed by atoms with E-state index in [2.05, 4.69) is 38.6 Å². The van der Waals surface area contributed by atoms with E-state index in [0.717, 1.165) is 36.5 Å². The summed E-state index contributed by atoms with van der Waals surface area (Å²) in [5, 5.41) is 10.8. The number of carbonyl (C=O) groups excluding carboxylic acids is 1. The van der Waals surface area contributed by atoms with Crippen LogP contribution in [0.4, 0.5) is 5.82 Å². The standard InChI is InChI=1S/C23H26N4O3/c1-29-20-12-6-11-18(22(20)30-2)23(28)24-17-10-7-13-27(15-17)21-14-19(25-26-21)16-8-4-3-5-9-16/h3-6,8-9,11-12,14,17H,7,10,13,15H2,1-2H3,(H,24,28)(H,25,26). The minimum Gasteiger partial charge on any atom is -0.493 e. The molecule has 2 N–H and O–H groups in total. The number of para-hydroxylation sites is 1. The fraction of sp³-hybridized carbons (Fsp3) is 0.304. The predicted molar refractivity (Wildman–Crippen MR) is 116 cm³/mol. The zero-order valence-electron chi connectivity index (χ0n) is 17.2. The number of H-pyrrole nitrogens is 1. The van der Waals surface area contributed by atoms with Crippen LogP contribution in [0, 0.1) is 0 Å². The van der Waals surface area contributed by atoms with Crippen LogP contribution in [0.3, 0.4) is 0 Å². The summed E-state index contributed by atoms with van der Waals surface area (Å²) in [6.07, 6.45) is 1.90. The van der Waals surface area contributed by atoms with E-state index < -0.39 is 0 Å². The van der Waals surface area contributed by atoms with Gasteiger partial charge in [-0.3, -0.25) is 9.89 Å². The molecule has 3 aromatic rings. The Bertz CT molecular complexity index is 1000. The molecule has 1 saturated heterocycles. The minimum atomic E-state index is -0.162. The van der Waals surface area contributed by atoms with E-state index in [1.54, 1.807) is 32.4 Å². The second-order valence-corrected chi connectivity index (χ2v) is 7.31. The molecule has 30 heavy (non-hydrogen) atoms. The minimum absolute atomic E-state index is 0.0269. The molecule has 1 aliphatic rings. The summed E-state index contributed by atoms with van der Waals surface area (Å²) in [5.74, 6) is 1.72. The number of carbonyl (C=O) groups is 1. The molecule has 156 valence electrons. The zero-order valence-corrected chi connectivity index (χ0v) is 17.2. The van der Waals surface area contributed by atoms with Crippen LogP contribution in [0.15, 0.2) is 54.6 Å². The quantitative estimate of drug-likeness (QED) is 0.655. The molecule has 1 unspecified atom stereocenters.